The van der Waals surface area contributed by atoms with Crippen molar-refractivity contribution in [2.75, 3.05) is 26.2 Å². The lowest BCUT2D eigenvalue weighted by Gasteiger charge is -2.16. The summed E-state index contributed by atoms with van der Waals surface area (Å²) in [5.74, 6) is -1.16. The molecule has 1 fully saturated rings. The molecule has 13 heavy (non-hydrogen) atoms. The Kier molecular flexibility index (Phi) is 3.55. The maximum atomic E-state index is 12.2. The lowest BCUT2D eigenvalue weighted by atomic mass is 10.1. The minimum absolute atomic E-state index is 0.0488. The summed E-state index contributed by atoms with van der Waals surface area (Å²) in [6.07, 6.45) is -3.28. The number of halogens is 3. The molecule has 0 saturated carbocycles. The van der Waals surface area contributed by atoms with Crippen molar-refractivity contribution in [3.63, 3.8) is 0 Å². The van der Waals surface area contributed by atoms with E-state index >= 15 is 0 Å². The second kappa shape index (κ2) is 4.28. The molecular weight excluding hydrogens is 183 g/mol. The summed E-state index contributed by atoms with van der Waals surface area (Å²) in [6.45, 7) is 1.23. The molecule has 0 spiro atoms. The van der Waals surface area contributed by atoms with Crippen LogP contribution in [0.1, 0.15) is 12.8 Å². The van der Waals surface area contributed by atoms with Gasteiger partial charge in [0, 0.05) is 19.7 Å². The van der Waals surface area contributed by atoms with Gasteiger partial charge in [-0.1, -0.05) is 0 Å². The number of hydrogen-bond acceptors (Lipinski definition) is 2. The third kappa shape index (κ3) is 3.15. The number of aliphatic hydroxyl groups excluding tert-OH is 1. The normalized spacial score (nSPS) is 25.4. The van der Waals surface area contributed by atoms with Crippen LogP contribution < -0.4 is 0 Å². The Morgan fingerprint density at radius 1 is 1.38 bits per heavy atom. The zero-order valence-electron chi connectivity index (χ0n) is 7.35. The molecule has 1 unspecified atom stereocenters. The van der Waals surface area contributed by atoms with Gasteiger partial charge in [-0.05, 0) is 19.4 Å². The lowest BCUT2D eigenvalue weighted by Crippen LogP contribution is -2.28. The molecule has 0 aromatic carbocycles. The third-order valence-electron chi connectivity index (χ3n) is 2.37. The molecule has 1 heterocycles. The summed E-state index contributed by atoms with van der Waals surface area (Å²) in [7, 11) is 0. The molecule has 1 N–H and O–H groups in total. The van der Waals surface area contributed by atoms with Crippen LogP contribution in [0.2, 0.25) is 0 Å². The zero-order chi connectivity index (χ0) is 9.90. The third-order valence-corrected chi connectivity index (χ3v) is 2.37. The van der Waals surface area contributed by atoms with E-state index in [0.29, 0.717) is 19.5 Å². The van der Waals surface area contributed by atoms with Gasteiger partial charge in [-0.15, -0.1) is 0 Å². The maximum absolute atomic E-state index is 12.2. The molecule has 0 aliphatic carbocycles. The van der Waals surface area contributed by atoms with E-state index in [1.165, 1.54) is 0 Å². The van der Waals surface area contributed by atoms with Gasteiger partial charge in [0.05, 0.1) is 5.92 Å². The van der Waals surface area contributed by atoms with E-state index in [2.05, 4.69) is 0 Å². The van der Waals surface area contributed by atoms with E-state index in [4.69, 9.17) is 5.11 Å². The second-order valence-electron chi connectivity index (χ2n) is 3.40. The molecule has 0 radical (unpaired) electrons. The molecule has 78 valence electrons. The van der Waals surface area contributed by atoms with Gasteiger partial charge in [0.1, 0.15) is 0 Å². The Balaban J connectivity index is 2.28. The summed E-state index contributed by atoms with van der Waals surface area (Å²) >= 11 is 0. The number of hydrogen-bond donors (Lipinski definition) is 1. The summed E-state index contributed by atoms with van der Waals surface area (Å²) in [5, 5.41) is 8.50. The van der Waals surface area contributed by atoms with Crippen LogP contribution in [0.4, 0.5) is 13.2 Å². The van der Waals surface area contributed by atoms with Crippen LogP contribution in [0.3, 0.4) is 0 Å². The molecule has 0 aromatic rings. The minimum Gasteiger partial charge on any atom is -0.396 e. The van der Waals surface area contributed by atoms with Crippen LogP contribution in [-0.2, 0) is 0 Å². The van der Waals surface area contributed by atoms with E-state index < -0.39 is 12.1 Å². The fourth-order valence-corrected chi connectivity index (χ4v) is 1.60. The van der Waals surface area contributed by atoms with Crippen LogP contribution in [0, 0.1) is 5.92 Å². The van der Waals surface area contributed by atoms with Crippen molar-refractivity contribution in [1.29, 1.82) is 0 Å². The Morgan fingerprint density at radius 3 is 2.54 bits per heavy atom. The van der Waals surface area contributed by atoms with Crippen molar-refractivity contribution in [3.8, 4) is 0 Å². The van der Waals surface area contributed by atoms with Crippen LogP contribution >= 0.6 is 0 Å². The Morgan fingerprint density at radius 2 is 2.08 bits per heavy atom. The SMILES string of the molecule is OCCCN1CCC(C(F)(F)F)C1. The monoisotopic (exact) mass is 197 g/mol. The first-order chi connectivity index (χ1) is 6.04. The van der Waals surface area contributed by atoms with Crippen LogP contribution in [0.15, 0.2) is 0 Å². The minimum atomic E-state index is -4.05. The molecule has 1 aliphatic rings. The summed E-state index contributed by atoms with van der Waals surface area (Å²) < 4.78 is 36.5. The lowest BCUT2D eigenvalue weighted by molar-refractivity contribution is -0.170. The van der Waals surface area contributed by atoms with E-state index in [9.17, 15) is 13.2 Å². The topological polar surface area (TPSA) is 23.5 Å². The second-order valence-corrected chi connectivity index (χ2v) is 3.40. The highest BCUT2D eigenvalue weighted by atomic mass is 19.4. The molecule has 1 rings (SSSR count). The fourth-order valence-electron chi connectivity index (χ4n) is 1.60. The molecule has 1 aliphatic heterocycles. The highest BCUT2D eigenvalue weighted by Crippen LogP contribution is 2.33. The number of alkyl halides is 3. The highest BCUT2D eigenvalue weighted by Gasteiger charge is 2.43. The smallest absolute Gasteiger partial charge is 0.393 e. The van der Waals surface area contributed by atoms with Crippen LogP contribution in [-0.4, -0.2) is 42.4 Å². The van der Waals surface area contributed by atoms with Crippen molar-refractivity contribution < 1.29 is 18.3 Å². The van der Waals surface area contributed by atoms with Gasteiger partial charge in [-0.3, -0.25) is 0 Å². The Bertz CT molecular complexity index is 160. The number of likely N-dealkylation sites (tertiary alicyclic amines) is 1. The van der Waals surface area contributed by atoms with Crippen molar-refractivity contribution >= 4 is 0 Å². The van der Waals surface area contributed by atoms with Crippen LogP contribution in [0.25, 0.3) is 0 Å². The summed E-state index contributed by atoms with van der Waals surface area (Å²) in [4.78, 5) is 1.76. The molecule has 1 saturated heterocycles. The van der Waals surface area contributed by atoms with Gasteiger partial charge >= 0.3 is 6.18 Å². The van der Waals surface area contributed by atoms with Crippen molar-refractivity contribution in [3.05, 3.63) is 0 Å². The highest BCUT2D eigenvalue weighted by molar-refractivity contribution is 4.80. The van der Waals surface area contributed by atoms with Crippen molar-refractivity contribution in [2.24, 2.45) is 5.92 Å². The Hall–Kier alpha value is -0.290. The fraction of sp³-hybridized carbons (Fsp3) is 1.00. The number of nitrogens with zero attached hydrogens (tertiary/aromatic N) is 1. The van der Waals surface area contributed by atoms with E-state index in [1.54, 1.807) is 4.90 Å². The first-order valence-corrected chi connectivity index (χ1v) is 4.44. The van der Waals surface area contributed by atoms with E-state index in [-0.39, 0.29) is 19.6 Å². The average molecular weight is 197 g/mol. The molecule has 0 aromatic heterocycles. The Labute approximate surface area is 75.3 Å². The van der Waals surface area contributed by atoms with Gasteiger partial charge in [0.2, 0.25) is 0 Å². The van der Waals surface area contributed by atoms with Crippen molar-refractivity contribution in [1.82, 2.24) is 4.90 Å². The maximum Gasteiger partial charge on any atom is 0.393 e. The average Bonchev–Trinajstić information content (AvgIpc) is 2.47. The molecule has 0 amide bonds. The zero-order valence-corrected chi connectivity index (χ0v) is 7.35. The first-order valence-electron chi connectivity index (χ1n) is 4.44. The number of rotatable bonds is 3. The molecule has 1 atom stereocenters. The van der Waals surface area contributed by atoms with Crippen molar-refractivity contribution in [2.45, 2.75) is 19.0 Å². The standard InChI is InChI=1S/C8H14F3NO/c9-8(10,11)7-2-4-12(6-7)3-1-5-13/h7,13H,1-6H2. The molecule has 5 heteroatoms. The summed E-state index contributed by atoms with van der Waals surface area (Å²) in [5.41, 5.74) is 0. The van der Waals surface area contributed by atoms with Crippen LogP contribution in [0.5, 0.6) is 0 Å². The van der Waals surface area contributed by atoms with Gasteiger partial charge in [0.15, 0.2) is 0 Å². The van der Waals surface area contributed by atoms with Gasteiger partial charge < -0.3 is 10.0 Å². The largest absolute Gasteiger partial charge is 0.396 e. The predicted molar refractivity (Wildman–Crippen MR) is 42.3 cm³/mol. The van der Waals surface area contributed by atoms with Gasteiger partial charge in [-0.25, -0.2) is 0 Å². The molecule has 0 bridgehead atoms. The molecule has 2 nitrogen and oxygen atoms in total. The van der Waals surface area contributed by atoms with E-state index in [1.807, 2.05) is 0 Å². The van der Waals surface area contributed by atoms with Gasteiger partial charge in [0.25, 0.3) is 0 Å². The predicted octanol–water partition coefficient (Wildman–Crippen LogP) is 1.25. The van der Waals surface area contributed by atoms with E-state index in [0.717, 1.165) is 0 Å². The number of aliphatic hydroxyl groups is 1. The van der Waals surface area contributed by atoms with Gasteiger partial charge in [-0.2, -0.15) is 13.2 Å². The first kappa shape index (κ1) is 10.8. The summed E-state index contributed by atoms with van der Waals surface area (Å²) in [6, 6.07) is 0. The quantitative estimate of drug-likeness (QED) is 0.736. The molecular formula is C8H14F3NO.